The Labute approximate surface area is 107 Å². The molecule has 18 heavy (non-hydrogen) atoms. The number of hydrogen-bond donors (Lipinski definition) is 1. The lowest BCUT2D eigenvalue weighted by molar-refractivity contribution is 0.0939. The fourth-order valence-corrected chi connectivity index (χ4v) is 2.17. The number of rotatable bonds is 4. The third-order valence-corrected chi connectivity index (χ3v) is 4.08. The topological polar surface area (TPSA) is 51.1 Å². The van der Waals surface area contributed by atoms with E-state index in [2.05, 4.69) is 19.2 Å². The summed E-state index contributed by atoms with van der Waals surface area (Å²) in [7, 11) is 1.67. The zero-order chi connectivity index (χ0) is 13.3. The van der Waals surface area contributed by atoms with E-state index in [0.29, 0.717) is 18.0 Å². The SMILES string of the molecule is CC(C)C1(CNC(=O)c2ccn(C)c(=O)c2)CC1. The van der Waals surface area contributed by atoms with Crippen LogP contribution in [0.1, 0.15) is 37.0 Å². The van der Waals surface area contributed by atoms with Gasteiger partial charge in [0, 0.05) is 31.4 Å². The van der Waals surface area contributed by atoms with Gasteiger partial charge in [-0.05, 0) is 30.2 Å². The van der Waals surface area contributed by atoms with Gasteiger partial charge in [-0.2, -0.15) is 0 Å². The number of amides is 1. The normalized spacial score (nSPS) is 16.7. The quantitative estimate of drug-likeness (QED) is 0.879. The van der Waals surface area contributed by atoms with E-state index < -0.39 is 0 Å². The maximum atomic E-state index is 11.9. The van der Waals surface area contributed by atoms with E-state index in [9.17, 15) is 9.59 Å². The molecule has 0 aromatic carbocycles. The highest BCUT2D eigenvalue weighted by Crippen LogP contribution is 2.51. The van der Waals surface area contributed by atoms with E-state index in [-0.39, 0.29) is 16.9 Å². The van der Waals surface area contributed by atoms with Crippen LogP contribution < -0.4 is 10.9 Å². The van der Waals surface area contributed by atoms with E-state index in [4.69, 9.17) is 0 Å². The Morgan fingerprint density at radius 2 is 2.17 bits per heavy atom. The van der Waals surface area contributed by atoms with Gasteiger partial charge >= 0.3 is 0 Å². The molecular weight excluding hydrogens is 228 g/mol. The third kappa shape index (κ3) is 2.47. The Kier molecular flexibility index (Phi) is 3.28. The summed E-state index contributed by atoms with van der Waals surface area (Å²) in [6.45, 7) is 5.09. The number of pyridine rings is 1. The maximum Gasteiger partial charge on any atom is 0.251 e. The van der Waals surface area contributed by atoms with Crippen molar-refractivity contribution in [2.24, 2.45) is 18.4 Å². The molecule has 0 bridgehead atoms. The summed E-state index contributed by atoms with van der Waals surface area (Å²) in [5.41, 5.74) is 0.570. The summed E-state index contributed by atoms with van der Waals surface area (Å²) in [5, 5.41) is 2.94. The van der Waals surface area contributed by atoms with Gasteiger partial charge in [-0.1, -0.05) is 13.8 Å². The molecule has 4 nitrogen and oxygen atoms in total. The standard InChI is InChI=1S/C14H20N2O2/c1-10(2)14(5-6-14)9-15-13(18)11-4-7-16(3)12(17)8-11/h4,7-8,10H,5-6,9H2,1-3H3,(H,15,18). The molecule has 4 heteroatoms. The highest BCUT2D eigenvalue weighted by atomic mass is 16.2. The van der Waals surface area contributed by atoms with Crippen molar-refractivity contribution in [1.82, 2.24) is 9.88 Å². The van der Waals surface area contributed by atoms with Gasteiger partial charge in [-0.3, -0.25) is 9.59 Å². The second kappa shape index (κ2) is 4.59. The molecule has 0 spiro atoms. The summed E-state index contributed by atoms with van der Waals surface area (Å²) in [5.74, 6) is 0.432. The zero-order valence-corrected chi connectivity index (χ0v) is 11.2. The smallest absolute Gasteiger partial charge is 0.251 e. The minimum absolute atomic E-state index is 0.153. The number of aromatic nitrogens is 1. The number of hydrogen-bond acceptors (Lipinski definition) is 2. The van der Waals surface area contributed by atoms with Crippen molar-refractivity contribution >= 4 is 5.91 Å². The van der Waals surface area contributed by atoms with E-state index in [1.54, 1.807) is 19.3 Å². The lowest BCUT2D eigenvalue weighted by Crippen LogP contribution is -2.33. The fraction of sp³-hybridized carbons (Fsp3) is 0.571. The van der Waals surface area contributed by atoms with Gasteiger partial charge in [0.1, 0.15) is 0 Å². The van der Waals surface area contributed by atoms with Crippen molar-refractivity contribution < 1.29 is 4.79 Å². The van der Waals surface area contributed by atoms with Crippen molar-refractivity contribution in [3.05, 3.63) is 34.2 Å². The molecule has 1 N–H and O–H groups in total. The molecule has 1 heterocycles. The highest BCUT2D eigenvalue weighted by molar-refractivity contribution is 5.94. The van der Waals surface area contributed by atoms with Crippen molar-refractivity contribution in [1.29, 1.82) is 0 Å². The van der Waals surface area contributed by atoms with Crippen LogP contribution in [0.4, 0.5) is 0 Å². The van der Waals surface area contributed by atoms with Crippen molar-refractivity contribution in [2.45, 2.75) is 26.7 Å². The van der Waals surface area contributed by atoms with E-state index in [1.165, 1.54) is 23.5 Å². The summed E-state index contributed by atoms with van der Waals surface area (Å²) in [4.78, 5) is 23.4. The first-order chi connectivity index (χ1) is 8.44. The predicted molar refractivity (Wildman–Crippen MR) is 70.5 cm³/mol. The van der Waals surface area contributed by atoms with Crippen LogP contribution in [-0.2, 0) is 7.05 Å². The van der Waals surface area contributed by atoms with Crippen LogP contribution in [0.5, 0.6) is 0 Å². The number of nitrogens with zero attached hydrogens (tertiary/aromatic N) is 1. The van der Waals surface area contributed by atoms with Crippen molar-refractivity contribution in [3.63, 3.8) is 0 Å². The monoisotopic (exact) mass is 248 g/mol. The molecule has 0 radical (unpaired) electrons. The average Bonchev–Trinajstić information content (AvgIpc) is 3.11. The van der Waals surface area contributed by atoms with E-state index in [1.807, 2.05) is 0 Å². The molecule has 1 aliphatic carbocycles. The minimum Gasteiger partial charge on any atom is -0.351 e. The summed E-state index contributed by atoms with van der Waals surface area (Å²) in [6.07, 6.45) is 3.98. The first-order valence-electron chi connectivity index (χ1n) is 6.39. The summed E-state index contributed by atoms with van der Waals surface area (Å²) >= 11 is 0. The molecule has 1 saturated carbocycles. The molecule has 1 amide bonds. The van der Waals surface area contributed by atoms with Gasteiger partial charge in [0.15, 0.2) is 0 Å². The van der Waals surface area contributed by atoms with Crippen LogP contribution in [0.3, 0.4) is 0 Å². The van der Waals surface area contributed by atoms with Gasteiger partial charge in [-0.15, -0.1) is 0 Å². The predicted octanol–water partition coefficient (Wildman–Crippen LogP) is 1.55. The lowest BCUT2D eigenvalue weighted by atomic mass is 9.92. The second-order valence-corrected chi connectivity index (χ2v) is 5.56. The first-order valence-corrected chi connectivity index (χ1v) is 6.39. The number of nitrogens with one attached hydrogen (secondary N) is 1. The van der Waals surface area contributed by atoms with E-state index >= 15 is 0 Å². The Morgan fingerprint density at radius 1 is 1.50 bits per heavy atom. The van der Waals surface area contributed by atoms with Crippen LogP contribution in [-0.4, -0.2) is 17.0 Å². The van der Waals surface area contributed by atoms with Gasteiger partial charge in [0.2, 0.25) is 0 Å². The molecule has 1 aliphatic rings. The Balaban J connectivity index is 2.00. The minimum atomic E-state index is -0.160. The number of aryl methyl sites for hydroxylation is 1. The number of carbonyl (C=O) groups is 1. The number of carbonyl (C=O) groups excluding carboxylic acids is 1. The lowest BCUT2D eigenvalue weighted by Gasteiger charge is -2.19. The van der Waals surface area contributed by atoms with Crippen LogP contribution in [0, 0.1) is 11.3 Å². The van der Waals surface area contributed by atoms with Crippen LogP contribution >= 0.6 is 0 Å². The molecule has 0 saturated heterocycles. The van der Waals surface area contributed by atoms with Gasteiger partial charge in [0.05, 0.1) is 0 Å². The zero-order valence-electron chi connectivity index (χ0n) is 11.2. The second-order valence-electron chi connectivity index (χ2n) is 5.56. The molecule has 2 rings (SSSR count). The van der Waals surface area contributed by atoms with Crippen molar-refractivity contribution in [2.75, 3.05) is 6.54 Å². The molecular formula is C14H20N2O2. The molecule has 1 aromatic rings. The Bertz CT molecular complexity index is 513. The summed E-state index contributed by atoms with van der Waals surface area (Å²) < 4.78 is 1.45. The summed E-state index contributed by atoms with van der Waals surface area (Å²) in [6, 6.07) is 3.05. The Hall–Kier alpha value is -1.58. The molecule has 1 aromatic heterocycles. The fourth-order valence-electron chi connectivity index (χ4n) is 2.17. The molecule has 1 fully saturated rings. The molecule has 0 unspecified atom stereocenters. The van der Waals surface area contributed by atoms with Gasteiger partial charge in [-0.25, -0.2) is 0 Å². The Morgan fingerprint density at radius 3 is 2.67 bits per heavy atom. The van der Waals surface area contributed by atoms with Gasteiger partial charge in [0.25, 0.3) is 11.5 Å². The van der Waals surface area contributed by atoms with Crippen molar-refractivity contribution in [3.8, 4) is 0 Å². The molecule has 0 aliphatic heterocycles. The average molecular weight is 248 g/mol. The highest BCUT2D eigenvalue weighted by Gasteiger charge is 2.45. The van der Waals surface area contributed by atoms with E-state index in [0.717, 1.165) is 0 Å². The van der Waals surface area contributed by atoms with Gasteiger partial charge < -0.3 is 9.88 Å². The van der Waals surface area contributed by atoms with Crippen LogP contribution in [0.25, 0.3) is 0 Å². The first kappa shape index (κ1) is 12.9. The molecule has 0 atom stereocenters. The van der Waals surface area contributed by atoms with Crippen LogP contribution in [0.2, 0.25) is 0 Å². The maximum absolute atomic E-state index is 11.9. The largest absolute Gasteiger partial charge is 0.351 e. The van der Waals surface area contributed by atoms with Crippen LogP contribution in [0.15, 0.2) is 23.1 Å². The third-order valence-electron chi connectivity index (χ3n) is 4.08. The molecule has 98 valence electrons.